The molecule has 1 aromatic heterocycles. The summed E-state index contributed by atoms with van der Waals surface area (Å²) in [6.07, 6.45) is 4.42. The number of nitrogens with zero attached hydrogens (tertiary/aromatic N) is 3. The second-order valence-corrected chi connectivity index (χ2v) is 9.66. The number of fused-ring (bicyclic) bond motifs is 1. The number of benzene rings is 1. The molecule has 2 aliphatic heterocycles. The predicted octanol–water partition coefficient (Wildman–Crippen LogP) is 2.62. The Kier molecular flexibility index (Phi) is 4.58. The Bertz CT molecular complexity index is 917. The van der Waals surface area contributed by atoms with E-state index < -0.39 is 10.0 Å². The van der Waals surface area contributed by atoms with Crippen LogP contribution in [-0.4, -0.2) is 43.8 Å². The van der Waals surface area contributed by atoms with E-state index in [1.54, 1.807) is 52.0 Å². The van der Waals surface area contributed by atoms with E-state index >= 15 is 0 Å². The van der Waals surface area contributed by atoms with Crippen molar-refractivity contribution in [1.29, 1.82) is 0 Å². The van der Waals surface area contributed by atoms with Gasteiger partial charge in [-0.1, -0.05) is 0 Å². The molecule has 0 saturated carbocycles. The number of anilines is 1. The Morgan fingerprint density at radius 3 is 2.65 bits per heavy atom. The molecule has 1 aromatic carbocycles. The molecule has 0 N–H and O–H groups in total. The summed E-state index contributed by atoms with van der Waals surface area (Å²) in [5.41, 5.74) is 1.73. The van der Waals surface area contributed by atoms with Crippen LogP contribution in [0.25, 0.3) is 0 Å². The molecular weight excluding hydrogens is 370 g/mol. The maximum atomic E-state index is 13.0. The first-order chi connectivity index (χ1) is 12.5. The van der Waals surface area contributed by atoms with Gasteiger partial charge in [-0.2, -0.15) is 4.31 Å². The van der Waals surface area contributed by atoms with Crippen molar-refractivity contribution in [3.05, 3.63) is 40.3 Å². The van der Waals surface area contributed by atoms with E-state index in [4.69, 9.17) is 0 Å². The lowest BCUT2D eigenvalue weighted by molar-refractivity contribution is -0.118. The molecule has 1 amide bonds. The Morgan fingerprint density at radius 2 is 1.96 bits per heavy atom. The van der Waals surface area contributed by atoms with Crippen molar-refractivity contribution >= 4 is 33.0 Å². The van der Waals surface area contributed by atoms with Gasteiger partial charge in [-0.3, -0.25) is 4.79 Å². The number of piperidine rings is 1. The molecule has 1 fully saturated rings. The number of aromatic nitrogens is 1. The number of rotatable bonds is 3. The van der Waals surface area contributed by atoms with Gasteiger partial charge >= 0.3 is 0 Å². The fraction of sp³-hybridized carbons (Fsp3) is 0.444. The summed E-state index contributed by atoms with van der Waals surface area (Å²) in [5, 5.41) is 3.07. The van der Waals surface area contributed by atoms with Gasteiger partial charge in [0.25, 0.3) is 0 Å². The molecule has 0 aliphatic carbocycles. The summed E-state index contributed by atoms with van der Waals surface area (Å²) < 4.78 is 27.7. The number of carbonyl (C=O) groups is 1. The van der Waals surface area contributed by atoms with Gasteiger partial charge in [0.2, 0.25) is 15.9 Å². The van der Waals surface area contributed by atoms with E-state index in [0.29, 0.717) is 36.7 Å². The highest BCUT2D eigenvalue weighted by molar-refractivity contribution is 7.89. The zero-order chi connectivity index (χ0) is 18.3. The van der Waals surface area contributed by atoms with Crippen LogP contribution in [0.4, 0.5) is 5.69 Å². The van der Waals surface area contributed by atoms with Crippen molar-refractivity contribution < 1.29 is 13.2 Å². The molecule has 8 heteroatoms. The van der Waals surface area contributed by atoms with E-state index in [1.807, 2.05) is 5.38 Å². The Labute approximate surface area is 157 Å². The first-order valence-corrected chi connectivity index (χ1v) is 11.1. The molecule has 0 bridgehead atoms. The van der Waals surface area contributed by atoms with Crippen LogP contribution >= 0.6 is 11.3 Å². The second-order valence-electron chi connectivity index (χ2n) is 6.79. The van der Waals surface area contributed by atoms with Crippen molar-refractivity contribution in [2.75, 3.05) is 25.0 Å². The minimum absolute atomic E-state index is 0.0670. The van der Waals surface area contributed by atoms with Crippen molar-refractivity contribution in [1.82, 2.24) is 9.29 Å². The van der Waals surface area contributed by atoms with E-state index in [9.17, 15) is 13.2 Å². The smallest absolute Gasteiger partial charge is 0.243 e. The number of hydrogen-bond acceptors (Lipinski definition) is 5. The average Bonchev–Trinajstić information content (AvgIpc) is 3.19. The Balaban J connectivity index is 1.53. The summed E-state index contributed by atoms with van der Waals surface area (Å²) in [7, 11) is -1.77. The highest BCUT2D eigenvalue weighted by Gasteiger charge is 2.32. The largest absolute Gasteiger partial charge is 0.315 e. The summed E-state index contributed by atoms with van der Waals surface area (Å²) in [4.78, 5) is 18.1. The predicted molar refractivity (Wildman–Crippen MR) is 101 cm³/mol. The normalized spacial score (nSPS) is 19.6. The minimum atomic E-state index is -3.51. The lowest BCUT2D eigenvalue weighted by Crippen LogP contribution is -2.38. The van der Waals surface area contributed by atoms with Crippen LogP contribution in [0.2, 0.25) is 0 Å². The topological polar surface area (TPSA) is 70.6 Å². The van der Waals surface area contributed by atoms with E-state index in [0.717, 1.165) is 29.1 Å². The molecule has 0 atom stereocenters. The number of sulfonamides is 1. The van der Waals surface area contributed by atoms with E-state index in [-0.39, 0.29) is 5.91 Å². The van der Waals surface area contributed by atoms with Crippen LogP contribution < -0.4 is 4.90 Å². The van der Waals surface area contributed by atoms with Crippen LogP contribution in [0, 0.1) is 0 Å². The van der Waals surface area contributed by atoms with Crippen LogP contribution in [0.5, 0.6) is 0 Å². The monoisotopic (exact) mass is 391 g/mol. The third kappa shape index (κ3) is 3.06. The van der Waals surface area contributed by atoms with Crippen molar-refractivity contribution in [3.63, 3.8) is 0 Å². The molecule has 2 aliphatic rings. The number of carbonyl (C=O) groups excluding carboxylic acids is 1. The van der Waals surface area contributed by atoms with E-state index in [1.165, 1.54) is 0 Å². The van der Waals surface area contributed by atoms with Gasteiger partial charge in [0.15, 0.2) is 0 Å². The van der Waals surface area contributed by atoms with Crippen molar-refractivity contribution in [3.8, 4) is 0 Å². The second kappa shape index (κ2) is 6.75. The van der Waals surface area contributed by atoms with Crippen molar-refractivity contribution in [2.45, 2.75) is 36.5 Å². The highest BCUT2D eigenvalue weighted by Crippen LogP contribution is 2.33. The Morgan fingerprint density at radius 1 is 1.19 bits per heavy atom. The standard InChI is InChI=1S/C18H21N3O3S2/c1-20-16-4-3-15(12-14(16)2-5-17(20)22)26(23,24)21-9-6-13(7-10-21)18-19-8-11-25-18/h3-4,8,11-13H,2,5-7,9-10H2,1H3. The van der Waals surface area contributed by atoms with Crippen LogP contribution in [-0.2, 0) is 21.2 Å². The van der Waals surface area contributed by atoms with Crippen molar-refractivity contribution in [2.24, 2.45) is 0 Å². The number of amides is 1. The van der Waals surface area contributed by atoms with Crippen LogP contribution in [0.1, 0.15) is 35.8 Å². The van der Waals surface area contributed by atoms with Gasteiger partial charge in [0.05, 0.1) is 9.90 Å². The van der Waals surface area contributed by atoms with Gasteiger partial charge in [-0.05, 0) is 43.0 Å². The molecule has 4 rings (SSSR count). The average molecular weight is 392 g/mol. The SMILES string of the molecule is CN1C(=O)CCc2cc(S(=O)(=O)N3CCC(c4nccs4)CC3)ccc21. The van der Waals surface area contributed by atoms with E-state index in [2.05, 4.69) is 4.98 Å². The fourth-order valence-corrected chi connectivity index (χ4v) is 6.05. The summed E-state index contributed by atoms with van der Waals surface area (Å²) in [6, 6.07) is 5.11. The van der Waals surface area contributed by atoms with Gasteiger partial charge < -0.3 is 4.90 Å². The molecule has 26 heavy (non-hydrogen) atoms. The molecule has 2 aromatic rings. The first kappa shape index (κ1) is 17.6. The zero-order valence-electron chi connectivity index (χ0n) is 14.6. The minimum Gasteiger partial charge on any atom is -0.315 e. The molecular formula is C18H21N3O3S2. The third-order valence-corrected chi connectivity index (χ3v) is 8.12. The quantitative estimate of drug-likeness (QED) is 0.806. The van der Waals surface area contributed by atoms with Gasteiger partial charge in [0, 0.05) is 49.7 Å². The fourth-order valence-electron chi connectivity index (χ4n) is 3.72. The maximum absolute atomic E-state index is 13.0. The van der Waals surface area contributed by atoms with Gasteiger partial charge in [-0.25, -0.2) is 13.4 Å². The molecule has 138 valence electrons. The van der Waals surface area contributed by atoms with Crippen LogP contribution in [0.15, 0.2) is 34.7 Å². The Hall–Kier alpha value is -1.77. The van der Waals surface area contributed by atoms with Gasteiger partial charge in [0.1, 0.15) is 0 Å². The summed E-state index contributed by atoms with van der Waals surface area (Å²) in [5.74, 6) is 0.419. The van der Waals surface area contributed by atoms with Gasteiger partial charge in [-0.15, -0.1) is 11.3 Å². The first-order valence-electron chi connectivity index (χ1n) is 8.76. The zero-order valence-corrected chi connectivity index (χ0v) is 16.2. The summed E-state index contributed by atoms with van der Waals surface area (Å²) >= 11 is 1.64. The third-order valence-electron chi connectivity index (χ3n) is 5.29. The number of aryl methyl sites for hydroxylation is 1. The molecule has 0 unspecified atom stereocenters. The molecule has 3 heterocycles. The lowest BCUT2D eigenvalue weighted by atomic mass is 9.99. The molecule has 1 saturated heterocycles. The lowest BCUT2D eigenvalue weighted by Gasteiger charge is -2.31. The molecule has 0 radical (unpaired) electrons. The number of hydrogen-bond donors (Lipinski definition) is 0. The highest BCUT2D eigenvalue weighted by atomic mass is 32.2. The number of thiazole rings is 1. The molecule has 0 spiro atoms. The van der Waals surface area contributed by atoms with Crippen LogP contribution in [0.3, 0.4) is 0 Å². The maximum Gasteiger partial charge on any atom is 0.243 e. The summed E-state index contributed by atoms with van der Waals surface area (Å²) in [6.45, 7) is 1.03. The molecule has 6 nitrogen and oxygen atoms in total.